The normalized spacial score (nSPS) is 13.0. The Hall–Kier alpha value is -2.36. The maximum atomic E-state index is 14.2. The molecule has 3 rings (SSSR count). The molecule has 1 aromatic heterocycles. The average Bonchev–Trinajstić information content (AvgIpc) is 3.02. The number of amides is 1. The molecule has 0 aliphatic rings. The predicted octanol–water partition coefficient (Wildman–Crippen LogP) is 3.48. The third-order valence-corrected chi connectivity index (χ3v) is 6.80. The van der Waals surface area contributed by atoms with Crippen molar-refractivity contribution in [3.8, 4) is 0 Å². The van der Waals surface area contributed by atoms with E-state index in [4.69, 9.17) is 0 Å². The van der Waals surface area contributed by atoms with Gasteiger partial charge in [-0.25, -0.2) is 22.5 Å². The van der Waals surface area contributed by atoms with Crippen molar-refractivity contribution < 1.29 is 17.6 Å². The summed E-state index contributed by atoms with van der Waals surface area (Å²) in [6.45, 7) is 5.15. The van der Waals surface area contributed by atoms with Gasteiger partial charge in [-0.1, -0.05) is 12.1 Å². The molecule has 0 saturated heterocycles. The zero-order valence-corrected chi connectivity index (χ0v) is 17.9. The highest BCUT2D eigenvalue weighted by Gasteiger charge is 2.21. The number of hydrogen-bond acceptors (Lipinski definition) is 5. The van der Waals surface area contributed by atoms with Gasteiger partial charge in [0, 0.05) is 18.5 Å². The van der Waals surface area contributed by atoms with E-state index in [9.17, 15) is 17.6 Å². The number of aromatic nitrogens is 1. The van der Waals surface area contributed by atoms with E-state index >= 15 is 0 Å². The fourth-order valence-corrected chi connectivity index (χ4v) is 5.22. The number of hydrogen-bond donors (Lipinski definition) is 2. The minimum absolute atomic E-state index is 0.156. The van der Waals surface area contributed by atoms with Crippen LogP contribution in [0.1, 0.15) is 36.1 Å². The molecule has 3 aromatic rings. The molecule has 0 aliphatic heterocycles. The largest absolute Gasteiger partial charge is 0.349 e. The van der Waals surface area contributed by atoms with E-state index in [1.807, 2.05) is 24.3 Å². The first-order chi connectivity index (χ1) is 13.7. The van der Waals surface area contributed by atoms with Crippen LogP contribution in [0.3, 0.4) is 0 Å². The predicted molar refractivity (Wildman–Crippen MR) is 112 cm³/mol. The summed E-state index contributed by atoms with van der Waals surface area (Å²) < 4.78 is 42.3. The molecule has 1 atom stereocenters. The standard InChI is InChI=1S/C20H22FN3O3S2/c1-12(2)24-29(26,27)14-8-9-16(21)15(11-14)20(25)22-13(3)10-19-23-17-6-4-5-7-18(17)28-19/h4-9,11-13,24H,10H2,1-3H3,(H,22,25). The first kappa shape index (κ1) is 21.4. The first-order valence-corrected chi connectivity index (χ1v) is 11.4. The lowest BCUT2D eigenvalue weighted by molar-refractivity contribution is 0.0936. The molecule has 1 heterocycles. The van der Waals surface area contributed by atoms with Crippen LogP contribution in [0.4, 0.5) is 4.39 Å². The number of rotatable bonds is 7. The second-order valence-electron chi connectivity index (χ2n) is 7.07. The van der Waals surface area contributed by atoms with E-state index in [0.717, 1.165) is 33.4 Å². The Morgan fingerprint density at radius 2 is 1.90 bits per heavy atom. The lowest BCUT2D eigenvalue weighted by Gasteiger charge is -2.14. The number of para-hydroxylation sites is 1. The topological polar surface area (TPSA) is 88.2 Å². The molecule has 0 saturated carbocycles. The van der Waals surface area contributed by atoms with Gasteiger partial charge in [0.2, 0.25) is 10.0 Å². The van der Waals surface area contributed by atoms with Gasteiger partial charge in [0.25, 0.3) is 5.91 Å². The highest BCUT2D eigenvalue weighted by molar-refractivity contribution is 7.89. The monoisotopic (exact) mass is 435 g/mol. The van der Waals surface area contributed by atoms with Crippen molar-refractivity contribution in [1.29, 1.82) is 0 Å². The Morgan fingerprint density at radius 1 is 1.17 bits per heavy atom. The molecule has 0 spiro atoms. The summed E-state index contributed by atoms with van der Waals surface area (Å²) in [7, 11) is -3.83. The van der Waals surface area contributed by atoms with Gasteiger partial charge in [-0.2, -0.15) is 0 Å². The van der Waals surface area contributed by atoms with Gasteiger partial charge >= 0.3 is 0 Å². The van der Waals surface area contributed by atoms with Crippen LogP contribution >= 0.6 is 11.3 Å². The lowest BCUT2D eigenvalue weighted by atomic mass is 10.1. The van der Waals surface area contributed by atoms with Crippen LogP contribution in [-0.4, -0.2) is 31.4 Å². The molecule has 0 radical (unpaired) electrons. The summed E-state index contributed by atoms with van der Waals surface area (Å²) in [4.78, 5) is 16.9. The minimum atomic E-state index is -3.83. The molecule has 9 heteroatoms. The van der Waals surface area contributed by atoms with Gasteiger partial charge in [0.1, 0.15) is 5.82 Å². The van der Waals surface area contributed by atoms with Crippen molar-refractivity contribution in [2.75, 3.05) is 0 Å². The number of carbonyl (C=O) groups excluding carboxylic acids is 1. The maximum Gasteiger partial charge on any atom is 0.254 e. The van der Waals surface area contributed by atoms with Gasteiger partial charge in [0.15, 0.2) is 0 Å². The van der Waals surface area contributed by atoms with Crippen LogP contribution in [0, 0.1) is 5.82 Å². The van der Waals surface area contributed by atoms with Crippen molar-refractivity contribution >= 4 is 37.5 Å². The molecule has 1 amide bonds. The van der Waals surface area contributed by atoms with Crippen molar-refractivity contribution in [2.24, 2.45) is 0 Å². The summed E-state index contributed by atoms with van der Waals surface area (Å²) in [6.07, 6.45) is 0.486. The number of nitrogens with zero attached hydrogens (tertiary/aromatic N) is 1. The molecule has 0 fully saturated rings. The van der Waals surface area contributed by atoms with Crippen LogP contribution in [-0.2, 0) is 16.4 Å². The number of benzene rings is 2. The molecule has 6 nitrogen and oxygen atoms in total. The zero-order valence-electron chi connectivity index (χ0n) is 16.3. The molecule has 0 bridgehead atoms. The van der Waals surface area contributed by atoms with Gasteiger partial charge < -0.3 is 5.32 Å². The summed E-state index contributed by atoms with van der Waals surface area (Å²) in [5.41, 5.74) is 0.584. The third-order valence-electron chi connectivity index (χ3n) is 4.08. The van der Waals surface area contributed by atoms with Gasteiger partial charge in [-0.3, -0.25) is 4.79 Å². The van der Waals surface area contributed by atoms with Crippen LogP contribution in [0.2, 0.25) is 0 Å². The van der Waals surface area contributed by atoms with E-state index in [2.05, 4.69) is 15.0 Å². The quantitative estimate of drug-likeness (QED) is 0.595. The van der Waals surface area contributed by atoms with Crippen LogP contribution in [0.25, 0.3) is 10.2 Å². The van der Waals surface area contributed by atoms with Crippen LogP contribution in [0.5, 0.6) is 0 Å². The lowest BCUT2D eigenvalue weighted by Crippen LogP contribution is -2.35. The number of carbonyl (C=O) groups is 1. The second-order valence-corrected chi connectivity index (χ2v) is 9.90. The summed E-state index contributed by atoms with van der Waals surface area (Å²) in [5, 5.41) is 3.58. The fraction of sp³-hybridized carbons (Fsp3) is 0.300. The van der Waals surface area contributed by atoms with Crippen molar-refractivity contribution in [2.45, 2.75) is 44.2 Å². The van der Waals surface area contributed by atoms with Crippen molar-refractivity contribution in [3.63, 3.8) is 0 Å². The summed E-state index contributed by atoms with van der Waals surface area (Å²) in [5.74, 6) is -1.45. The Bertz CT molecular complexity index is 1110. The van der Waals surface area contributed by atoms with E-state index < -0.39 is 21.7 Å². The number of sulfonamides is 1. The molecular formula is C20H22FN3O3S2. The van der Waals surface area contributed by atoms with Gasteiger partial charge in [-0.15, -0.1) is 11.3 Å². The Balaban J connectivity index is 1.74. The zero-order chi connectivity index (χ0) is 21.2. The number of fused-ring (bicyclic) bond motifs is 1. The maximum absolute atomic E-state index is 14.2. The molecule has 2 N–H and O–H groups in total. The fourth-order valence-electron chi connectivity index (χ4n) is 2.85. The molecule has 154 valence electrons. The molecule has 2 aromatic carbocycles. The number of halogens is 1. The molecule has 0 aliphatic carbocycles. The minimum Gasteiger partial charge on any atom is -0.349 e. The first-order valence-electron chi connectivity index (χ1n) is 9.13. The van der Waals surface area contributed by atoms with Crippen molar-refractivity contribution in [1.82, 2.24) is 15.0 Å². The highest BCUT2D eigenvalue weighted by atomic mass is 32.2. The molecule has 1 unspecified atom stereocenters. The number of thiazole rings is 1. The Kier molecular flexibility index (Phi) is 6.30. The molecular weight excluding hydrogens is 413 g/mol. The summed E-state index contributed by atoms with van der Waals surface area (Å²) >= 11 is 1.54. The van der Waals surface area contributed by atoms with E-state index in [0.29, 0.717) is 6.42 Å². The van der Waals surface area contributed by atoms with Gasteiger partial charge in [-0.05, 0) is 51.1 Å². The number of nitrogens with one attached hydrogen (secondary N) is 2. The van der Waals surface area contributed by atoms with E-state index in [1.54, 1.807) is 20.8 Å². The van der Waals surface area contributed by atoms with Crippen molar-refractivity contribution in [3.05, 3.63) is 58.9 Å². The van der Waals surface area contributed by atoms with E-state index in [1.165, 1.54) is 11.3 Å². The highest BCUT2D eigenvalue weighted by Crippen LogP contribution is 2.22. The Morgan fingerprint density at radius 3 is 2.59 bits per heavy atom. The average molecular weight is 436 g/mol. The molecule has 29 heavy (non-hydrogen) atoms. The Labute approximate surface area is 173 Å². The van der Waals surface area contributed by atoms with E-state index in [-0.39, 0.29) is 22.5 Å². The van der Waals surface area contributed by atoms with Gasteiger partial charge in [0.05, 0.1) is 25.7 Å². The van der Waals surface area contributed by atoms with Crippen LogP contribution < -0.4 is 10.0 Å². The van der Waals surface area contributed by atoms with Crippen LogP contribution in [0.15, 0.2) is 47.4 Å². The SMILES string of the molecule is CC(C)NS(=O)(=O)c1ccc(F)c(C(=O)NC(C)Cc2nc3ccccc3s2)c1. The summed E-state index contributed by atoms with van der Waals surface area (Å²) in [6, 6.07) is 10.3. The second kappa shape index (κ2) is 8.56. The smallest absolute Gasteiger partial charge is 0.254 e. The third kappa shape index (κ3) is 5.17.